The number of thiocarbonyl (C=S) groups is 1. The summed E-state index contributed by atoms with van der Waals surface area (Å²) in [5.74, 6) is 0. The van der Waals surface area contributed by atoms with Gasteiger partial charge >= 0.3 is 0 Å². The second kappa shape index (κ2) is 4.01. The third kappa shape index (κ3) is 2.47. The fourth-order valence-electron chi connectivity index (χ4n) is 0.800. The molecule has 0 aliphatic rings. The Balaban J connectivity index is 2.64. The standard InChI is InChI=1S/C8H9NO2S/c1-11-8(12)6-7-2-4-9(10)5-3-7/h2-5H,6H2,1H3. The second-order valence-electron chi connectivity index (χ2n) is 2.32. The van der Waals surface area contributed by atoms with Gasteiger partial charge in [-0.15, -0.1) is 0 Å². The zero-order valence-electron chi connectivity index (χ0n) is 6.69. The summed E-state index contributed by atoms with van der Waals surface area (Å²) < 4.78 is 5.57. The number of methoxy groups -OCH3 is 1. The van der Waals surface area contributed by atoms with Gasteiger partial charge in [-0.05, 0) is 17.8 Å². The number of ether oxygens (including phenoxy) is 1. The van der Waals surface area contributed by atoms with Crippen molar-refractivity contribution in [3.8, 4) is 0 Å². The van der Waals surface area contributed by atoms with Gasteiger partial charge in [0.15, 0.2) is 17.4 Å². The van der Waals surface area contributed by atoms with Gasteiger partial charge in [-0.25, -0.2) is 0 Å². The number of aromatic nitrogens is 1. The fraction of sp³-hybridized carbons (Fsp3) is 0.250. The molecule has 12 heavy (non-hydrogen) atoms. The molecular weight excluding hydrogens is 174 g/mol. The van der Waals surface area contributed by atoms with Crippen LogP contribution >= 0.6 is 12.2 Å². The zero-order chi connectivity index (χ0) is 8.97. The van der Waals surface area contributed by atoms with Crippen molar-refractivity contribution in [2.45, 2.75) is 6.42 Å². The molecule has 0 unspecified atom stereocenters. The first-order chi connectivity index (χ1) is 5.72. The van der Waals surface area contributed by atoms with Crippen molar-refractivity contribution >= 4 is 17.3 Å². The molecule has 0 bridgehead atoms. The highest BCUT2D eigenvalue weighted by Gasteiger charge is 1.99. The lowest BCUT2D eigenvalue weighted by Gasteiger charge is -2.01. The molecule has 0 aromatic carbocycles. The minimum atomic E-state index is 0.527. The smallest absolute Gasteiger partial charge is 0.180 e. The van der Waals surface area contributed by atoms with Gasteiger partial charge in [0, 0.05) is 18.6 Å². The minimum absolute atomic E-state index is 0.527. The van der Waals surface area contributed by atoms with Crippen molar-refractivity contribution in [1.82, 2.24) is 0 Å². The minimum Gasteiger partial charge on any atom is -0.619 e. The molecule has 0 radical (unpaired) electrons. The Labute approximate surface area is 76.2 Å². The molecular formula is C8H9NO2S. The first kappa shape index (κ1) is 8.93. The molecule has 0 saturated carbocycles. The van der Waals surface area contributed by atoms with Crippen LogP contribution in [0.25, 0.3) is 0 Å². The van der Waals surface area contributed by atoms with Gasteiger partial charge in [0.2, 0.25) is 0 Å². The van der Waals surface area contributed by atoms with Crippen LogP contribution in [0.3, 0.4) is 0 Å². The molecule has 0 fully saturated rings. The molecule has 0 saturated heterocycles. The van der Waals surface area contributed by atoms with Crippen LogP contribution in [0.5, 0.6) is 0 Å². The van der Waals surface area contributed by atoms with E-state index in [1.807, 2.05) is 0 Å². The second-order valence-corrected chi connectivity index (χ2v) is 2.77. The molecule has 3 nitrogen and oxygen atoms in total. The van der Waals surface area contributed by atoms with Crippen molar-refractivity contribution in [2.75, 3.05) is 7.11 Å². The monoisotopic (exact) mass is 183 g/mol. The summed E-state index contributed by atoms with van der Waals surface area (Å²) >= 11 is 4.86. The summed E-state index contributed by atoms with van der Waals surface area (Å²) in [5.41, 5.74) is 0.981. The maximum Gasteiger partial charge on any atom is 0.180 e. The van der Waals surface area contributed by atoms with E-state index in [9.17, 15) is 5.21 Å². The lowest BCUT2D eigenvalue weighted by Crippen LogP contribution is -2.24. The first-order valence-corrected chi connectivity index (χ1v) is 3.87. The summed E-state index contributed by atoms with van der Waals surface area (Å²) in [6, 6.07) is 3.44. The zero-order valence-corrected chi connectivity index (χ0v) is 7.50. The van der Waals surface area contributed by atoms with Crippen molar-refractivity contribution in [3.63, 3.8) is 0 Å². The van der Waals surface area contributed by atoms with Crippen LogP contribution in [-0.2, 0) is 11.2 Å². The van der Waals surface area contributed by atoms with E-state index in [1.165, 1.54) is 12.4 Å². The quantitative estimate of drug-likeness (QED) is 0.387. The Morgan fingerprint density at radius 1 is 1.58 bits per heavy atom. The van der Waals surface area contributed by atoms with Gasteiger partial charge in [0.05, 0.1) is 7.11 Å². The summed E-state index contributed by atoms with van der Waals surface area (Å²) in [4.78, 5) is 0. The maximum absolute atomic E-state index is 10.6. The molecule has 1 aromatic heterocycles. The van der Waals surface area contributed by atoms with Crippen LogP contribution in [0.4, 0.5) is 0 Å². The van der Waals surface area contributed by atoms with Gasteiger partial charge in [0.1, 0.15) is 0 Å². The number of hydrogen-bond donors (Lipinski definition) is 0. The molecule has 1 heterocycles. The average molecular weight is 183 g/mol. The van der Waals surface area contributed by atoms with E-state index >= 15 is 0 Å². The Kier molecular flexibility index (Phi) is 2.99. The van der Waals surface area contributed by atoms with E-state index in [1.54, 1.807) is 19.2 Å². The first-order valence-electron chi connectivity index (χ1n) is 3.47. The van der Waals surface area contributed by atoms with Crippen LogP contribution in [0.2, 0.25) is 0 Å². The number of nitrogens with zero attached hydrogens (tertiary/aromatic N) is 1. The lowest BCUT2D eigenvalue weighted by molar-refractivity contribution is -0.605. The summed E-state index contributed by atoms with van der Waals surface area (Å²) in [6.45, 7) is 0. The molecule has 64 valence electrons. The normalized spacial score (nSPS) is 9.42. The van der Waals surface area contributed by atoms with Crippen molar-refractivity contribution < 1.29 is 9.47 Å². The summed E-state index contributed by atoms with van der Waals surface area (Å²) in [6.07, 6.45) is 3.45. The Hall–Kier alpha value is -1.16. The third-order valence-corrected chi connectivity index (χ3v) is 1.76. The Morgan fingerprint density at radius 2 is 2.17 bits per heavy atom. The van der Waals surface area contributed by atoms with Crippen molar-refractivity contribution in [3.05, 3.63) is 35.3 Å². The van der Waals surface area contributed by atoms with Crippen LogP contribution in [0.15, 0.2) is 24.5 Å². The SMILES string of the molecule is COC(=S)Cc1cc[n+]([O-])cc1. The van der Waals surface area contributed by atoms with E-state index in [4.69, 9.17) is 17.0 Å². The lowest BCUT2D eigenvalue weighted by atomic mass is 10.2. The molecule has 1 rings (SSSR count). The van der Waals surface area contributed by atoms with E-state index in [2.05, 4.69) is 0 Å². The number of hydrogen-bond acceptors (Lipinski definition) is 3. The molecule has 0 aliphatic carbocycles. The van der Waals surface area contributed by atoms with E-state index in [0.29, 0.717) is 11.5 Å². The molecule has 0 aliphatic heterocycles. The largest absolute Gasteiger partial charge is 0.619 e. The van der Waals surface area contributed by atoms with Crippen LogP contribution < -0.4 is 4.73 Å². The molecule has 0 atom stereocenters. The van der Waals surface area contributed by atoms with E-state index in [0.717, 1.165) is 10.3 Å². The topological polar surface area (TPSA) is 36.2 Å². The van der Waals surface area contributed by atoms with Gasteiger partial charge in [-0.3, -0.25) is 0 Å². The third-order valence-electron chi connectivity index (χ3n) is 1.45. The highest BCUT2D eigenvalue weighted by molar-refractivity contribution is 7.80. The van der Waals surface area contributed by atoms with Crippen LogP contribution in [0, 0.1) is 5.21 Å². The number of rotatable bonds is 2. The molecule has 1 aromatic rings. The summed E-state index contributed by atoms with van der Waals surface area (Å²) in [7, 11) is 1.54. The highest BCUT2D eigenvalue weighted by atomic mass is 32.1. The van der Waals surface area contributed by atoms with Gasteiger partial charge in [0.25, 0.3) is 0 Å². The van der Waals surface area contributed by atoms with Gasteiger partial charge in [-0.2, -0.15) is 4.73 Å². The molecule has 0 amide bonds. The maximum atomic E-state index is 10.6. The van der Waals surface area contributed by atoms with E-state index in [-0.39, 0.29) is 0 Å². The number of pyridine rings is 1. The van der Waals surface area contributed by atoms with E-state index < -0.39 is 0 Å². The highest BCUT2D eigenvalue weighted by Crippen LogP contribution is 1.98. The molecule has 0 spiro atoms. The van der Waals surface area contributed by atoms with Crippen LogP contribution in [-0.4, -0.2) is 12.2 Å². The van der Waals surface area contributed by atoms with Crippen molar-refractivity contribution in [1.29, 1.82) is 0 Å². The predicted molar refractivity (Wildman–Crippen MR) is 48.7 cm³/mol. The molecule has 0 N–H and O–H groups in total. The molecule has 4 heteroatoms. The van der Waals surface area contributed by atoms with Gasteiger partial charge in [-0.1, -0.05) is 0 Å². The fourth-order valence-corrected chi connectivity index (χ4v) is 0.967. The Bertz CT molecular complexity index is 271. The predicted octanol–water partition coefficient (Wildman–Crippen LogP) is 0.836. The van der Waals surface area contributed by atoms with Crippen LogP contribution in [0.1, 0.15) is 5.56 Å². The Morgan fingerprint density at radius 3 is 2.67 bits per heavy atom. The van der Waals surface area contributed by atoms with Gasteiger partial charge < -0.3 is 9.94 Å². The van der Waals surface area contributed by atoms with Crippen molar-refractivity contribution in [2.24, 2.45) is 0 Å². The average Bonchev–Trinajstić information content (AvgIpc) is 2.09. The summed E-state index contributed by atoms with van der Waals surface area (Å²) in [5, 5.41) is 11.2.